The first-order valence-corrected chi connectivity index (χ1v) is 8.37. The summed E-state index contributed by atoms with van der Waals surface area (Å²) >= 11 is 0. The highest BCUT2D eigenvalue weighted by molar-refractivity contribution is 5.85. The molecule has 6 heteroatoms. The summed E-state index contributed by atoms with van der Waals surface area (Å²) in [7, 11) is 0. The lowest BCUT2D eigenvalue weighted by Crippen LogP contribution is -2.57. The van der Waals surface area contributed by atoms with Crippen molar-refractivity contribution in [3.8, 4) is 0 Å². The molecule has 1 aliphatic rings. The molecular formula is C17H31ClN4O. The summed E-state index contributed by atoms with van der Waals surface area (Å²) in [4.78, 5) is 14.7. The first-order valence-electron chi connectivity index (χ1n) is 8.37. The van der Waals surface area contributed by atoms with Gasteiger partial charge in [-0.05, 0) is 33.6 Å². The van der Waals surface area contributed by atoms with E-state index in [1.165, 1.54) is 0 Å². The first-order chi connectivity index (χ1) is 10.3. The fourth-order valence-electron chi connectivity index (χ4n) is 3.17. The summed E-state index contributed by atoms with van der Waals surface area (Å²) in [5.41, 5.74) is 3.22. The summed E-state index contributed by atoms with van der Waals surface area (Å²) in [5.74, 6) is 0.770. The Bertz CT molecular complexity index is 541. The van der Waals surface area contributed by atoms with Crippen molar-refractivity contribution < 1.29 is 4.79 Å². The van der Waals surface area contributed by atoms with Crippen LogP contribution in [0.4, 0.5) is 0 Å². The van der Waals surface area contributed by atoms with Crippen LogP contribution in [-0.4, -0.2) is 45.8 Å². The molecule has 0 bridgehead atoms. The van der Waals surface area contributed by atoms with Crippen LogP contribution in [0, 0.1) is 19.8 Å². The van der Waals surface area contributed by atoms with E-state index >= 15 is 0 Å². The van der Waals surface area contributed by atoms with Crippen LogP contribution in [0.2, 0.25) is 0 Å². The Balaban J connectivity index is 0.00000264. The molecule has 0 aliphatic carbocycles. The molecule has 1 saturated heterocycles. The topological polar surface area (TPSA) is 50.2 Å². The molecule has 0 spiro atoms. The number of hydrogen-bond donors (Lipinski definition) is 1. The minimum atomic E-state index is 0. The second-order valence-electron chi connectivity index (χ2n) is 6.97. The van der Waals surface area contributed by atoms with E-state index in [-0.39, 0.29) is 24.4 Å². The molecule has 1 amide bonds. The number of aryl methyl sites for hydroxylation is 1. The zero-order chi connectivity index (χ0) is 16.4. The van der Waals surface area contributed by atoms with Crippen molar-refractivity contribution in [2.45, 2.75) is 66.6 Å². The Labute approximate surface area is 146 Å². The largest absolute Gasteiger partial charge is 0.337 e. The molecule has 23 heavy (non-hydrogen) atoms. The molecule has 2 unspecified atom stereocenters. The van der Waals surface area contributed by atoms with Crippen molar-refractivity contribution in [1.29, 1.82) is 0 Å². The maximum Gasteiger partial charge on any atom is 0.227 e. The highest BCUT2D eigenvalue weighted by Gasteiger charge is 2.29. The molecule has 1 N–H and O–H groups in total. The van der Waals surface area contributed by atoms with Crippen molar-refractivity contribution in [2.24, 2.45) is 5.92 Å². The first kappa shape index (κ1) is 20.0. The van der Waals surface area contributed by atoms with Crippen molar-refractivity contribution in [1.82, 2.24) is 20.0 Å². The quantitative estimate of drug-likeness (QED) is 0.913. The molecule has 0 saturated carbocycles. The fourth-order valence-corrected chi connectivity index (χ4v) is 3.17. The number of nitrogens with zero attached hydrogens (tertiary/aromatic N) is 3. The van der Waals surface area contributed by atoms with E-state index in [0.717, 1.165) is 36.6 Å². The van der Waals surface area contributed by atoms with Gasteiger partial charge in [0.1, 0.15) is 0 Å². The van der Waals surface area contributed by atoms with Gasteiger partial charge in [0.25, 0.3) is 0 Å². The molecule has 1 fully saturated rings. The van der Waals surface area contributed by atoms with Crippen LogP contribution in [0.1, 0.15) is 44.6 Å². The summed E-state index contributed by atoms with van der Waals surface area (Å²) in [6.07, 6.45) is 0.465. The van der Waals surface area contributed by atoms with Gasteiger partial charge in [-0.3, -0.25) is 9.48 Å². The zero-order valence-corrected chi connectivity index (χ0v) is 16.0. The predicted molar refractivity (Wildman–Crippen MR) is 96.1 cm³/mol. The van der Waals surface area contributed by atoms with Crippen LogP contribution >= 0.6 is 12.4 Å². The van der Waals surface area contributed by atoms with E-state index in [1.54, 1.807) is 0 Å². The molecular weight excluding hydrogens is 312 g/mol. The molecule has 1 aliphatic heterocycles. The van der Waals surface area contributed by atoms with Gasteiger partial charge in [-0.15, -0.1) is 12.4 Å². The van der Waals surface area contributed by atoms with E-state index < -0.39 is 0 Å². The van der Waals surface area contributed by atoms with Gasteiger partial charge >= 0.3 is 0 Å². The number of aromatic nitrogens is 2. The van der Waals surface area contributed by atoms with Gasteiger partial charge in [-0.2, -0.15) is 5.10 Å². The Morgan fingerprint density at radius 3 is 2.61 bits per heavy atom. The van der Waals surface area contributed by atoms with Crippen LogP contribution in [-0.2, 0) is 17.8 Å². The average Bonchev–Trinajstić information content (AvgIpc) is 2.68. The molecule has 2 rings (SSSR count). The van der Waals surface area contributed by atoms with Gasteiger partial charge in [0.05, 0.1) is 12.1 Å². The number of nitrogens with one attached hydrogen (secondary N) is 1. The number of rotatable bonds is 4. The summed E-state index contributed by atoms with van der Waals surface area (Å²) in [6.45, 7) is 15.3. The Hall–Kier alpha value is -1.07. The van der Waals surface area contributed by atoms with Gasteiger partial charge < -0.3 is 10.2 Å². The van der Waals surface area contributed by atoms with Crippen molar-refractivity contribution >= 4 is 18.3 Å². The summed E-state index contributed by atoms with van der Waals surface area (Å²) in [6, 6.07) is 0.594. The molecule has 5 nitrogen and oxygen atoms in total. The van der Waals surface area contributed by atoms with Crippen LogP contribution in [0.15, 0.2) is 0 Å². The van der Waals surface area contributed by atoms with Gasteiger partial charge in [-0.1, -0.05) is 13.8 Å². The molecule has 0 aromatic carbocycles. The SMILES string of the molecule is Cc1nn(CC(C)C)c(C)c1CC(=O)N1CCNC(C)C1C.Cl. The van der Waals surface area contributed by atoms with E-state index in [1.807, 2.05) is 16.5 Å². The van der Waals surface area contributed by atoms with Gasteiger partial charge in [0.2, 0.25) is 5.91 Å². The Kier molecular flexibility index (Phi) is 7.08. The number of amides is 1. The zero-order valence-electron chi connectivity index (χ0n) is 15.2. The third-order valence-corrected chi connectivity index (χ3v) is 4.75. The second-order valence-corrected chi connectivity index (χ2v) is 6.97. The lowest BCUT2D eigenvalue weighted by molar-refractivity contribution is -0.134. The van der Waals surface area contributed by atoms with Crippen molar-refractivity contribution in [3.63, 3.8) is 0 Å². The smallest absolute Gasteiger partial charge is 0.227 e. The Morgan fingerprint density at radius 1 is 1.35 bits per heavy atom. The lowest BCUT2D eigenvalue weighted by atomic mass is 10.0. The predicted octanol–water partition coefficient (Wildman–Crippen LogP) is 2.33. The van der Waals surface area contributed by atoms with E-state index in [4.69, 9.17) is 0 Å². The molecule has 2 heterocycles. The number of hydrogen-bond acceptors (Lipinski definition) is 3. The van der Waals surface area contributed by atoms with Crippen molar-refractivity contribution in [2.75, 3.05) is 13.1 Å². The van der Waals surface area contributed by atoms with Crippen LogP contribution < -0.4 is 5.32 Å². The summed E-state index contributed by atoms with van der Waals surface area (Å²) in [5, 5.41) is 8.03. The monoisotopic (exact) mass is 342 g/mol. The maximum atomic E-state index is 12.7. The molecule has 0 radical (unpaired) electrons. The van der Waals surface area contributed by atoms with Gasteiger partial charge in [0, 0.05) is 43.0 Å². The van der Waals surface area contributed by atoms with E-state index in [9.17, 15) is 4.79 Å². The van der Waals surface area contributed by atoms with Crippen LogP contribution in [0.3, 0.4) is 0 Å². The minimum Gasteiger partial charge on any atom is -0.337 e. The number of piperazine rings is 1. The van der Waals surface area contributed by atoms with Gasteiger partial charge in [0.15, 0.2) is 0 Å². The molecule has 132 valence electrons. The number of halogens is 1. The minimum absolute atomic E-state index is 0. The highest BCUT2D eigenvalue weighted by atomic mass is 35.5. The third kappa shape index (κ3) is 4.48. The Morgan fingerprint density at radius 2 is 2.00 bits per heavy atom. The lowest BCUT2D eigenvalue weighted by Gasteiger charge is -2.38. The fraction of sp³-hybridized carbons (Fsp3) is 0.765. The van der Waals surface area contributed by atoms with Crippen LogP contribution in [0.25, 0.3) is 0 Å². The molecule has 1 aromatic rings. The number of carbonyl (C=O) groups excluding carboxylic acids is 1. The normalized spacial score (nSPS) is 21.4. The maximum absolute atomic E-state index is 12.7. The molecule has 1 aromatic heterocycles. The van der Waals surface area contributed by atoms with Crippen molar-refractivity contribution in [3.05, 3.63) is 17.0 Å². The third-order valence-electron chi connectivity index (χ3n) is 4.75. The van der Waals surface area contributed by atoms with E-state index in [2.05, 4.69) is 45.0 Å². The van der Waals surface area contributed by atoms with E-state index in [0.29, 0.717) is 18.4 Å². The molecule has 2 atom stereocenters. The van der Waals surface area contributed by atoms with Gasteiger partial charge in [-0.25, -0.2) is 0 Å². The second kappa shape index (κ2) is 8.15. The van der Waals surface area contributed by atoms with Crippen LogP contribution in [0.5, 0.6) is 0 Å². The highest BCUT2D eigenvalue weighted by Crippen LogP contribution is 2.18. The number of carbonyl (C=O) groups is 1. The average molecular weight is 343 g/mol. The standard InChI is InChI=1S/C17H30N4O.ClH/c1-11(2)10-21-15(6)16(13(4)19-21)9-17(22)20-8-7-18-12(3)14(20)5;/h11-12,14,18H,7-10H2,1-6H3;1H. The summed E-state index contributed by atoms with van der Waals surface area (Å²) < 4.78 is 2.05.